The van der Waals surface area contributed by atoms with E-state index in [1.54, 1.807) is 19.9 Å². The van der Waals surface area contributed by atoms with Crippen LogP contribution in [-0.2, 0) is 4.79 Å². The summed E-state index contributed by atoms with van der Waals surface area (Å²) in [5.74, 6) is -0.0653. The summed E-state index contributed by atoms with van der Waals surface area (Å²) in [5, 5.41) is 3.24. The van der Waals surface area contributed by atoms with E-state index >= 15 is 0 Å². The van der Waals surface area contributed by atoms with Crippen molar-refractivity contribution in [3.63, 3.8) is 0 Å². The summed E-state index contributed by atoms with van der Waals surface area (Å²) in [7, 11) is 0. The van der Waals surface area contributed by atoms with Gasteiger partial charge in [-0.15, -0.1) is 12.4 Å². The van der Waals surface area contributed by atoms with Crippen LogP contribution in [0.2, 0.25) is 5.02 Å². The topological polar surface area (TPSA) is 83.8 Å². The van der Waals surface area contributed by atoms with E-state index in [9.17, 15) is 4.79 Å². The van der Waals surface area contributed by atoms with E-state index < -0.39 is 0 Å². The summed E-state index contributed by atoms with van der Waals surface area (Å²) >= 11 is 6.00. The largest absolute Gasteiger partial charge is 0.327 e. The van der Waals surface area contributed by atoms with E-state index in [1.165, 1.54) is 0 Å². The number of halogens is 2. The van der Waals surface area contributed by atoms with Gasteiger partial charge in [-0.2, -0.15) is 0 Å². The molecule has 5 nitrogen and oxygen atoms in total. The molecule has 4 N–H and O–H groups in total. The lowest BCUT2D eigenvalue weighted by molar-refractivity contribution is -0.119. The van der Waals surface area contributed by atoms with Gasteiger partial charge in [0.2, 0.25) is 11.9 Å². The van der Waals surface area contributed by atoms with Gasteiger partial charge in [-0.1, -0.05) is 24.6 Å². The average molecular weight is 303 g/mol. The van der Waals surface area contributed by atoms with Crippen LogP contribution in [0.5, 0.6) is 0 Å². The molecule has 0 spiro atoms. The van der Waals surface area contributed by atoms with Gasteiger partial charge >= 0.3 is 0 Å². The number of imidazole rings is 1. The molecule has 2 unspecified atom stereocenters. The SMILES string of the molecule is CC(N)C(C)C(=O)Nc1nc2c(Cl)cccc2[nH]1.Cl. The number of carbonyl (C=O) groups excluding carboxylic acids is 1. The maximum Gasteiger partial charge on any atom is 0.231 e. The predicted octanol–water partition coefficient (Wildman–Crippen LogP) is 2.56. The van der Waals surface area contributed by atoms with Crippen molar-refractivity contribution in [2.75, 3.05) is 5.32 Å². The fraction of sp³-hybridized carbons (Fsp3) is 0.333. The van der Waals surface area contributed by atoms with Crippen molar-refractivity contribution in [2.24, 2.45) is 11.7 Å². The highest BCUT2D eigenvalue weighted by Gasteiger charge is 2.18. The Labute approximate surface area is 122 Å². The number of para-hydroxylation sites is 1. The monoisotopic (exact) mass is 302 g/mol. The molecule has 19 heavy (non-hydrogen) atoms. The second-order valence-electron chi connectivity index (χ2n) is 4.36. The van der Waals surface area contributed by atoms with Gasteiger partial charge in [-0.25, -0.2) is 4.98 Å². The maximum absolute atomic E-state index is 11.8. The van der Waals surface area contributed by atoms with Gasteiger partial charge in [0.15, 0.2) is 0 Å². The van der Waals surface area contributed by atoms with Crippen LogP contribution in [-0.4, -0.2) is 21.9 Å². The number of carbonyl (C=O) groups is 1. The highest BCUT2D eigenvalue weighted by Crippen LogP contribution is 2.22. The Kier molecular flexibility index (Phi) is 5.17. The molecule has 0 aliphatic rings. The molecular weight excluding hydrogens is 287 g/mol. The Morgan fingerprint density at radius 1 is 1.47 bits per heavy atom. The predicted molar refractivity (Wildman–Crippen MR) is 79.8 cm³/mol. The highest BCUT2D eigenvalue weighted by atomic mass is 35.5. The second kappa shape index (κ2) is 6.23. The number of rotatable bonds is 3. The van der Waals surface area contributed by atoms with Crippen molar-refractivity contribution >= 4 is 46.9 Å². The van der Waals surface area contributed by atoms with Gasteiger partial charge in [0.05, 0.1) is 16.5 Å². The van der Waals surface area contributed by atoms with E-state index in [2.05, 4.69) is 15.3 Å². The van der Waals surface area contributed by atoms with Crippen LogP contribution in [0.15, 0.2) is 18.2 Å². The van der Waals surface area contributed by atoms with Gasteiger partial charge < -0.3 is 10.7 Å². The second-order valence-corrected chi connectivity index (χ2v) is 4.77. The summed E-state index contributed by atoms with van der Waals surface area (Å²) in [6.07, 6.45) is 0. The van der Waals surface area contributed by atoms with Crippen LogP contribution in [0.25, 0.3) is 11.0 Å². The molecule has 0 aliphatic heterocycles. The molecule has 0 bridgehead atoms. The molecule has 0 fully saturated rings. The molecule has 0 saturated carbocycles. The first-order valence-electron chi connectivity index (χ1n) is 5.69. The summed E-state index contributed by atoms with van der Waals surface area (Å²) in [6, 6.07) is 5.21. The Bertz CT molecular complexity index is 582. The van der Waals surface area contributed by atoms with Crippen LogP contribution < -0.4 is 11.1 Å². The number of nitrogens with two attached hydrogens (primary N) is 1. The number of H-pyrrole nitrogens is 1. The normalized spacial score (nSPS) is 13.7. The van der Waals surface area contributed by atoms with E-state index in [4.69, 9.17) is 17.3 Å². The fourth-order valence-corrected chi connectivity index (χ4v) is 1.74. The van der Waals surface area contributed by atoms with E-state index in [-0.39, 0.29) is 30.3 Å². The number of aromatic nitrogens is 2. The molecule has 1 heterocycles. The minimum atomic E-state index is -0.284. The van der Waals surface area contributed by atoms with Crippen LogP contribution in [0, 0.1) is 5.92 Å². The lowest BCUT2D eigenvalue weighted by Gasteiger charge is -2.13. The van der Waals surface area contributed by atoms with Crippen molar-refractivity contribution in [3.8, 4) is 0 Å². The Balaban J connectivity index is 0.00000180. The van der Waals surface area contributed by atoms with Gasteiger partial charge in [-0.3, -0.25) is 10.1 Å². The van der Waals surface area contributed by atoms with Crippen LogP contribution in [0.3, 0.4) is 0 Å². The van der Waals surface area contributed by atoms with Crippen molar-refractivity contribution < 1.29 is 4.79 Å². The number of amides is 1. The van der Waals surface area contributed by atoms with Gasteiger partial charge in [0.1, 0.15) is 5.52 Å². The molecule has 7 heteroatoms. The zero-order valence-electron chi connectivity index (χ0n) is 10.6. The summed E-state index contributed by atoms with van der Waals surface area (Å²) in [5.41, 5.74) is 7.10. The van der Waals surface area contributed by atoms with Crippen LogP contribution >= 0.6 is 24.0 Å². The third kappa shape index (κ3) is 3.37. The number of hydrogen-bond acceptors (Lipinski definition) is 3. The first-order valence-corrected chi connectivity index (χ1v) is 6.07. The number of nitrogens with one attached hydrogen (secondary N) is 2. The molecule has 0 aliphatic carbocycles. The van der Waals surface area contributed by atoms with Crippen LogP contribution in [0.4, 0.5) is 5.95 Å². The molecule has 0 saturated heterocycles. The molecule has 0 radical (unpaired) electrons. The molecule has 2 aromatic rings. The number of anilines is 1. The Hall–Kier alpha value is -1.30. The van der Waals surface area contributed by atoms with E-state index in [0.29, 0.717) is 16.5 Å². The third-order valence-electron chi connectivity index (χ3n) is 2.91. The minimum Gasteiger partial charge on any atom is -0.327 e. The lowest BCUT2D eigenvalue weighted by Crippen LogP contribution is -2.34. The number of aromatic amines is 1. The molecule has 1 aromatic carbocycles. The summed E-state index contributed by atoms with van der Waals surface area (Å²) in [6.45, 7) is 3.56. The molecule has 1 aromatic heterocycles. The Morgan fingerprint density at radius 2 is 2.16 bits per heavy atom. The first-order chi connectivity index (χ1) is 8.49. The number of benzene rings is 1. The third-order valence-corrected chi connectivity index (χ3v) is 3.21. The standard InChI is InChI=1S/C12H15ClN4O.ClH/c1-6(7(2)14)11(18)17-12-15-9-5-3-4-8(13)10(9)16-12;/h3-7H,14H2,1-2H3,(H2,15,16,17,18);1H. The smallest absolute Gasteiger partial charge is 0.231 e. The number of nitrogens with zero attached hydrogens (tertiary/aromatic N) is 1. The lowest BCUT2D eigenvalue weighted by atomic mass is 10.0. The van der Waals surface area contributed by atoms with Crippen molar-refractivity contribution in [1.82, 2.24) is 9.97 Å². The molecule has 2 rings (SSSR count). The van der Waals surface area contributed by atoms with E-state index in [1.807, 2.05) is 12.1 Å². The van der Waals surface area contributed by atoms with Gasteiger partial charge in [0, 0.05) is 6.04 Å². The van der Waals surface area contributed by atoms with Gasteiger partial charge in [0.25, 0.3) is 0 Å². The zero-order chi connectivity index (χ0) is 13.3. The maximum atomic E-state index is 11.8. The summed E-state index contributed by atoms with van der Waals surface area (Å²) < 4.78 is 0. The van der Waals surface area contributed by atoms with Crippen molar-refractivity contribution in [3.05, 3.63) is 23.2 Å². The highest BCUT2D eigenvalue weighted by molar-refractivity contribution is 6.35. The summed E-state index contributed by atoms with van der Waals surface area (Å²) in [4.78, 5) is 19.1. The number of fused-ring (bicyclic) bond motifs is 1. The van der Waals surface area contributed by atoms with Crippen molar-refractivity contribution in [2.45, 2.75) is 19.9 Å². The van der Waals surface area contributed by atoms with Crippen molar-refractivity contribution in [1.29, 1.82) is 0 Å². The number of hydrogen-bond donors (Lipinski definition) is 3. The van der Waals surface area contributed by atoms with Gasteiger partial charge in [-0.05, 0) is 19.1 Å². The molecule has 104 valence electrons. The van der Waals surface area contributed by atoms with E-state index in [0.717, 1.165) is 5.52 Å². The minimum absolute atomic E-state index is 0. The quantitative estimate of drug-likeness (QED) is 0.814. The zero-order valence-corrected chi connectivity index (χ0v) is 12.2. The molecule has 2 atom stereocenters. The fourth-order valence-electron chi connectivity index (χ4n) is 1.53. The Morgan fingerprint density at radius 3 is 2.74 bits per heavy atom. The molecular formula is C12H16Cl2N4O. The average Bonchev–Trinajstić information content (AvgIpc) is 2.71. The molecule has 1 amide bonds. The first kappa shape index (κ1) is 15.8. The van der Waals surface area contributed by atoms with Crippen LogP contribution in [0.1, 0.15) is 13.8 Å².